The lowest BCUT2D eigenvalue weighted by Crippen LogP contribution is -2.54. The first-order valence-electron chi connectivity index (χ1n) is 9.35. The summed E-state index contributed by atoms with van der Waals surface area (Å²) in [5.41, 5.74) is 3.00. The molecule has 0 radical (unpaired) electrons. The minimum Gasteiger partial charge on any atom is -0.378 e. The van der Waals surface area contributed by atoms with Gasteiger partial charge in [0.1, 0.15) is 0 Å². The maximum Gasteiger partial charge on any atom is 0.244 e. The molecule has 2 fully saturated rings. The SMILES string of the molecule is Cc1ccc2cc(/C=C/C(=O)NC3CCN(C4COC4)CC3)ccc2n1. The van der Waals surface area contributed by atoms with Gasteiger partial charge in [-0.3, -0.25) is 14.7 Å². The summed E-state index contributed by atoms with van der Waals surface area (Å²) in [5.74, 6) is -0.0162. The Morgan fingerprint density at radius 2 is 2.04 bits per heavy atom. The van der Waals surface area contributed by atoms with Crippen molar-refractivity contribution in [1.29, 1.82) is 0 Å². The Labute approximate surface area is 154 Å². The molecule has 5 heteroatoms. The van der Waals surface area contributed by atoms with Gasteiger partial charge in [0.15, 0.2) is 0 Å². The first-order valence-corrected chi connectivity index (χ1v) is 9.35. The van der Waals surface area contributed by atoms with Crippen LogP contribution in [0.2, 0.25) is 0 Å². The molecule has 0 unspecified atom stereocenters. The molecule has 0 atom stereocenters. The van der Waals surface area contributed by atoms with Crippen LogP contribution in [-0.2, 0) is 9.53 Å². The average Bonchev–Trinajstić information content (AvgIpc) is 2.60. The van der Waals surface area contributed by atoms with Crippen LogP contribution in [0.15, 0.2) is 36.4 Å². The third-order valence-electron chi connectivity index (χ3n) is 5.29. The summed E-state index contributed by atoms with van der Waals surface area (Å²) in [7, 11) is 0. The monoisotopic (exact) mass is 351 g/mol. The normalized spacial score (nSPS) is 19.7. The van der Waals surface area contributed by atoms with Crippen molar-refractivity contribution in [3.05, 3.63) is 47.7 Å². The molecular formula is C21H25N3O2. The van der Waals surface area contributed by atoms with E-state index in [0.717, 1.165) is 61.3 Å². The van der Waals surface area contributed by atoms with Crippen LogP contribution in [0.25, 0.3) is 17.0 Å². The molecule has 4 rings (SSSR count). The lowest BCUT2D eigenvalue weighted by Gasteiger charge is -2.41. The van der Waals surface area contributed by atoms with Gasteiger partial charge in [0.25, 0.3) is 0 Å². The summed E-state index contributed by atoms with van der Waals surface area (Å²) in [5, 5.41) is 4.22. The van der Waals surface area contributed by atoms with Crippen molar-refractivity contribution < 1.29 is 9.53 Å². The fourth-order valence-corrected chi connectivity index (χ4v) is 3.61. The van der Waals surface area contributed by atoms with Crippen LogP contribution >= 0.6 is 0 Å². The maximum atomic E-state index is 12.2. The Kier molecular flexibility index (Phi) is 5.00. The molecule has 1 aromatic carbocycles. The quantitative estimate of drug-likeness (QED) is 0.860. The molecule has 0 spiro atoms. The number of ether oxygens (including phenoxy) is 1. The summed E-state index contributed by atoms with van der Waals surface area (Å²) in [6.45, 7) is 5.79. The van der Waals surface area contributed by atoms with E-state index in [1.54, 1.807) is 6.08 Å². The highest BCUT2D eigenvalue weighted by Gasteiger charge is 2.29. The molecule has 2 aliphatic rings. The van der Waals surface area contributed by atoms with Crippen molar-refractivity contribution in [2.75, 3.05) is 26.3 Å². The molecule has 136 valence electrons. The molecule has 0 bridgehead atoms. The van der Waals surface area contributed by atoms with Gasteiger partial charge in [-0.25, -0.2) is 0 Å². The zero-order chi connectivity index (χ0) is 17.9. The summed E-state index contributed by atoms with van der Waals surface area (Å²) in [6.07, 6.45) is 5.53. The van der Waals surface area contributed by atoms with Crippen molar-refractivity contribution >= 4 is 22.9 Å². The number of nitrogens with zero attached hydrogens (tertiary/aromatic N) is 2. The number of carbonyl (C=O) groups is 1. The van der Waals surface area contributed by atoms with Crippen molar-refractivity contribution in [3.8, 4) is 0 Å². The van der Waals surface area contributed by atoms with Crippen molar-refractivity contribution in [3.63, 3.8) is 0 Å². The lowest BCUT2D eigenvalue weighted by molar-refractivity contribution is -0.117. The molecule has 0 saturated carbocycles. The number of likely N-dealkylation sites (tertiary alicyclic amines) is 1. The summed E-state index contributed by atoms with van der Waals surface area (Å²) < 4.78 is 5.26. The van der Waals surface area contributed by atoms with Gasteiger partial charge in [-0.15, -0.1) is 0 Å². The number of rotatable bonds is 4. The number of hydrogen-bond donors (Lipinski definition) is 1. The fourth-order valence-electron chi connectivity index (χ4n) is 3.61. The third-order valence-corrected chi connectivity index (χ3v) is 5.29. The highest BCUT2D eigenvalue weighted by molar-refractivity contribution is 5.92. The first-order chi connectivity index (χ1) is 12.7. The van der Waals surface area contributed by atoms with Gasteiger partial charge in [-0.05, 0) is 49.6 Å². The van der Waals surface area contributed by atoms with Crippen LogP contribution in [0.1, 0.15) is 24.1 Å². The molecule has 0 aliphatic carbocycles. The molecule has 3 heterocycles. The second-order valence-electron chi connectivity index (χ2n) is 7.25. The van der Waals surface area contributed by atoms with Crippen LogP contribution in [0.5, 0.6) is 0 Å². The molecule has 2 aliphatic heterocycles. The van der Waals surface area contributed by atoms with E-state index in [4.69, 9.17) is 4.74 Å². The van der Waals surface area contributed by atoms with Crippen LogP contribution in [0.4, 0.5) is 0 Å². The number of aromatic nitrogens is 1. The topological polar surface area (TPSA) is 54.5 Å². The first kappa shape index (κ1) is 17.2. The van der Waals surface area contributed by atoms with Crippen LogP contribution in [0, 0.1) is 6.92 Å². The van der Waals surface area contributed by atoms with Gasteiger partial charge in [0.2, 0.25) is 5.91 Å². The summed E-state index contributed by atoms with van der Waals surface area (Å²) in [6, 6.07) is 11.0. The summed E-state index contributed by atoms with van der Waals surface area (Å²) >= 11 is 0. The Morgan fingerprint density at radius 3 is 2.77 bits per heavy atom. The highest BCUT2D eigenvalue weighted by atomic mass is 16.5. The number of fused-ring (bicyclic) bond motifs is 1. The van der Waals surface area contributed by atoms with E-state index in [0.29, 0.717) is 6.04 Å². The molecule has 1 amide bonds. The second kappa shape index (κ2) is 7.56. The van der Waals surface area contributed by atoms with Crippen LogP contribution < -0.4 is 5.32 Å². The number of nitrogens with one attached hydrogen (secondary N) is 1. The second-order valence-corrected chi connectivity index (χ2v) is 7.25. The summed E-state index contributed by atoms with van der Waals surface area (Å²) in [4.78, 5) is 19.2. The maximum absolute atomic E-state index is 12.2. The number of amides is 1. The van der Waals surface area contributed by atoms with Crippen molar-refractivity contribution in [1.82, 2.24) is 15.2 Å². The van der Waals surface area contributed by atoms with E-state index in [1.807, 2.05) is 31.2 Å². The Bertz CT molecular complexity index is 821. The zero-order valence-electron chi connectivity index (χ0n) is 15.1. The Hall–Kier alpha value is -2.24. The van der Waals surface area contributed by atoms with Crippen LogP contribution in [0.3, 0.4) is 0 Å². The van der Waals surface area contributed by atoms with Crippen molar-refractivity contribution in [2.45, 2.75) is 31.8 Å². The molecular weight excluding hydrogens is 326 g/mol. The number of pyridine rings is 1. The van der Waals surface area contributed by atoms with E-state index in [-0.39, 0.29) is 11.9 Å². The minimum atomic E-state index is -0.0162. The Balaban J connectivity index is 1.31. The average molecular weight is 351 g/mol. The molecule has 2 saturated heterocycles. The molecule has 5 nitrogen and oxygen atoms in total. The van der Waals surface area contributed by atoms with Gasteiger partial charge >= 0.3 is 0 Å². The number of hydrogen-bond acceptors (Lipinski definition) is 4. The van der Waals surface area contributed by atoms with Gasteiger partial charge in [0.05, 0.1) is 24.8 Å². The fraction of sp³-hybridized carbons (Fsp3) is 0.429. The van der Waals surface area contributed by atoms with Gasteiger partial charge in [0, 0.05) is 36.3 Å². The van der Waals surface area contributed by atoms with Gasteiger partial charge < -0.3 is 10.1 Å². The number of benzene rings is 1. The highest BCUT2D eigenvalue weighted by Crippen LogP contribution is 2.18. The predicted octanol–water partition coefficient (Wildman–Crippen LogP) is 2.54. The number of carbonyl (C=O) groups excluding carboxylic acids is 1. The molecule has 1 N–H and O–H groups in total. The van der Waals surface area contributed by atoms with E-state index in [1.165, 1.54) is 0 Å². The standard InChI is InChI=1S/C21H25N3O2/c1-15-2-5-17-12-16(3-6-20(17)22-15)4-7-21(25)23-18-8-10-24(11-9-18)19-13-26-14-19/h2-7,12,18-19H,8-11,13-14H2,1H3,(H,23,25)/b7-4+. The predicted molar refractivity (Wildman–Crippen MR) is 103 cm³/mol. The zero-order valence-corrected chi connectivity index (χ0v) is 15.1. The van der Waals surface area contributed by atoms with E-state index >= 15 is 0 Å². The number of piperidine rings is 1. The smallest absolute Gasteiger partial charge is 0.244 e. The third kappa shape index (κ3) is 3.94. The number of aryl methyl sites for hydroxylation is 1. The molecule has 2 aromatic rings. The van der Waals surface area contributed by atoms with Gasteiger partial charge in [-0.2, -0.15) is 0 Å². The lowest BCUT2D eigenvalue weighted by atomic mass is 10.0. The van der Waals surface area contributed by atoms with Crippen LogP contribution in [-0.4, -0.2) is 54.2 Å². The molecule has 1 aromatic heterocycles. The molecule has 26 heavy (non-hydrogen) atoms. The van der Waals surface area contributed by atoms with E-state index in [9.17, 15) is 4.79 Å². The minimum absolute atomic E-state index is 0.0162. The largest absolute Gasteiger partial charge is 0.378 e. The van der Waals surface area contributed by atoms with Crippen molar-refractivity contribution in [2.24, 2.45) is 0 Å². The van der Waals surface area contributed by atoms with Gasteiger partial charge in [-0.1, -0.05) is 12.1 Å². The van der Waals surface area contributed by atoms with E-state index < -0.39 is 0 Å². The Morgan fingerprint density at radius 1 is 1.23 bits per heavy atom. The van der Waals surface area contributed by atoms with E-state index in [2.05, 4.69) is 27.3 Å².